The first-order valence-corrected chi connectivity index (χ1v) is 12.7. The number of hydrogen-bond acceptors (Lipinski definition) is 6. The zero-order valence-electron chi connectivity index (χ0n) is 19.3. The van der Waals surface area contributed by atoms with Crippen LogP contribution in [-0.4, -0.2) is 56.4 Å². The maximum absolute atomic E-state index is 13.0. The summed E-state index contributed by atoms with van der Waals surface area (Å²) in [5, 5.41) is 9.39. The summed E-state index contributed by atoms with van der Waals surface area (Å²) in [7, 11) is 0. The molecule has 0 aromatic carbocycles. The number of nitrogens with zero attached hydrogens (tertiary/aromatic N) is 2. The second-order valence-corrected chi connectivity index (χ2v) is 12.2. The molecule has 9 heteroatoms. The fourth-order valence-electron chi connectivity index (χ4n) is 4.96. The maximum Gasteiger partial charge on any atom is 0.407 e. The highest BCUT2D eigenvalue weighted by atomic mass is 32.2. The van der Waals surface area contributed by atoms with E-state index in [4.69, 9.17) is 9.47 Å². The summed E-state index contributed by atoms with van der Waals surface area (Å²) >= 11 is -1.24. The van der Waals surface area contributed by atoms with Crippen molar-refractivity contribution in [2.24, 2.45) is 5.41 Å². The summed E-state index contributed by atoms with van der Waals surface area (Å²) in [6, 6.07) is 1.99. The number of carbonyl (C=O) groups is 1. The molecule has 1 aromatic rings. The first-order valence-electron chi connectivity index (χ1n) is 11.5. The van der Waals surface area contributed by atoms with E-state index < -0.39 is 22.2 Å². The summed E-state index contributed by atoms with van der Waals surface area (Å²) in [5.41, 5.74) is 2.97. The lowest BCUT2D eigenvalue weighted by molar-refractivity contribution is -0.169. The monoisotopic (exact) mass is 465 g/mol. The van der Waals surface area contributed by atoms with E-state index in [1.54, 1.807) is 0 Å². The van der Waals surface area contributed by atoms with E-state index in [2.05, 4.69) is 15.8 Å². The van der Waals surface area contributed by atoms with Gasteiger partial charge < -0.3 is 24.0 Å². The fourth-order valence-corrected chi connectivity index (χ4v) is 5.91. The molecule has 0 unspecified atom stereocenters. The standard InChI is InChI=1S/C23H35N3O5S/c1-22(2,3)32(29)25-20-18-14-24-17(15-31-19-6-4-5-11-30-19)12-16(18)13-23(20)7-9-26(10-8-23)21(27)28/h12,14,19-20,25H,4-11,13,15H2,1-3H3,(H,27,28)/t19-,20-,32-/m1/s1. The Bertz CT molecular complexity index is 816. The quantitative estimate of drug-likeness (QED) is 0.641. The van der Waals surface area contributed by atoms with Crippen molar-refractivity contribution in [3.05, 3.63) is 29.1 Å². The van der Waals surface area contributed by atoms with Crippen LogP contribution in [0, 0.1) is 5.41 Å². The van der Waals surface area contributed by atoms with Crippen molar-refractivity contribution in [3.8, 4) is 0 Å². The second kappa shape index (κ2) is 9.46. The van der Waals surface area contributed by atoms with Gasteiger partial charge in [-0.25, -0.2) is 4.79 Å². The molecule has 0 saturated carbocycles. The number of hydrogen-bond donors (Lipinski definition) is 2. The Labute approximate surface area is 193 Å². The molecular weight excluding hydrogens is 430 g/mol. The van der Waals surface area contributed by atoms with Crippen LogP contribution in [0.15, 0.2) is 12.3 Å². The summed E-state index contributed by atoms with van der Waals surface area (Å²) in [6.07, 6.45) is 6.27. The van der Waals surface area contributed by atoms with E-state index in [9.17, 15) is 14.5 Å². The SMILES string of the molecule is CC(C)(C)[S@@+]([O-])N[C@@H]1c2cnc(CO[C@@H]3CCCCO3)cc2CC12CCN(C(=O)O)CC2. The molecule has 1 aliphatic carbocycles. The minimum Gasteiger partial charge on any atom is -0.598 e. The number of ether oxygens (including phenoxy) is 2. The zero-order valence-corrected chi connectivity index (χ0v) is 20.1. The van der Waals surface area contributed by atoms with Gasteiger partial charge in [0, 0.05) is 42.7 Å². The predicted octanol–water partition coefficient (Wildman–Crippen LogP) is 3.53. The Morgan fingerprint density at radius 2 is 2.16 bits per heavy atom. The van der Waals surface area contributed by atoms with Gasteiger partial charge in [-0.15, -0.1) is 4.72 Å². The van der Waals surface area contributed by atoms with E-state index in [1.807, 2.05) is 27.0 Å². The first kappa shape index (κ1) is 23.8. The molecule has 0 radical (unpaired) electrons. The molecule has 8 nitrogen and oxygen atoms in total. The van der Waals surface area contributed by atoms with E-state index in [0.29, 0.717) is 19.7 Å². The average Bonchev–Trinajstić information content (AvgIpc) is 3.04. The molecule has 178 valence electrons. The van der Waals surface area contributed by atoms with Gasteiger partial charge in [0.25, 0.3) is 0 Å². The van der Waals surface area contributed by atoms with Crippen LogP contribution in [0.3, 0.4) is 0 Å². The van der Waals surface area contributed by atoms with Crippen LogP contribution >= 0.6 is 0 Å². The van der Waals surface area contributed by atoms with Gasteiger partial charge in [0.2, 0.25) is 0 Å². The zero-order chi connectivity index (χ0) is 22.9. The maximum atomic E-state index is 13.0. The average molecular weight is 466 g/mol. The number of rotatable bonds is 5. The number of amides is 1. The van der Waals surface area contributed by atoms with Crippen molar-refractivity contribution < 1.29 is 23.9 Å². The molecule has 2 fully saturated rings. The van der Waals surface area contributed by atoms with Gasteiger partial charge in [-0.3, -0.25) is 4.98 Å². The number of carboxylic acid groups (broad SMARTS) is 1. The van der Waals surface area contributed by atoms with Crippen LogP contribution in [0.2, 0.25) is 0 Å². The fraction of sp³-hybridized carbons (Fsp3) is 0.739. The van der Waals surface area contributed by atoms with Gasteiger partial charge >= 0.3 is 6.09 Å². The predicted molar refractivity (Wildman–Crippen MR) is 121 cm³/mol. The minimum atomic E-state index is -1.24. The number of likely N-dealkylation sites (tertiary alicyclic amines) is 1. The Morgan fingerprint density at radius 3 is 2.78 bits per heavy atom. The minimum absolute atomic E-state index is 0.113. The molecule has 2 saturated heterocycles. The Kier molecular flexibility index (Phi) is 7.03. The number of fused-ring (bicyclic) bond motifs is 1. The van der Waals surface area contributed by atoms with Crippen molar-refractivity contribution in [3.63, 3.8) is 0 Å². The highest BCUT2D eigenvalue weighted by molar-refractivity contribution is 7.90. The van der Waals surface area contributed by atoms with Crippen molar-refractivity contribution in [1.82, 2.24) is 14.6 Å². The van der Waals surface area contributed by atoms with Crippen molar-refractivity contribution in [1.29, 1.82) is 0 Å². The molecule has 3 heterocycles. The van der Waals surface area contributed by atoms with Crippen LogP contribution < -0.4 is 4.72 Å². The highest BCUT2D eigenvalue weighted by Gasteiger charge is 2.51. The second-order valence-electron chi connectivity index (χ2n) is 10.2. The molecule has 3 atom stereocenters. The van der Waals surface area contributed by atoms with E-state index in [-0.39, 0.29) is 17.7 Å². The number of nitrogens with one attached hydrogen (secondary N) is 1. The summed E-state index contributed by atoms with van der Waals surface area (Å²) < 4.78 is 27.6. The summed E-state index contributed by atoms with van der Waals surface area (Å²) in [4.78, 5) is 17.6. The lowest BCUT2D eigenvalue weighted by atomic mass is 9.73. The number of aromatic nitrogens is 1. The third kappa shape index (κ3) is 5.07. The van der Waals surface area contributed by atoms with Crippen molar-refractivity contribution in [2.45, 2.75) is 83.0 Å². The Morgan fingerprint density at radius 1 is 1.41 bits per heavy atom. The van der Waals surface area contributed by atoms with Crippen molar-refractivity contribution >= 4 is 17.5 Å². The van der Waals surface area contributed by atoms with Gasteiger partial charge in [0.05, 0.1) is 18.3 Å². The molecule has 2 N–H and O–H groups in total. The molecule has 1 spiro atoms. The normalized spacial score (nSPS) is 26.2. The van der Waals surface area contributed by atoms with E-state index in [0.717, 1.165) is 56.4 Å². The summed E-state index contributed by atoms with van der Waals surface area (Å²) in [5.74, 6) is 0. The summed E-state index contributed by atoms with van der Waals surface area (Å²) in [6.45, 7) is 8.01. The topological polar surface area (TPSA) is 107 Å². The van der Waals surface area contributed by atoms with Gasteiger partial charge in [-0.1, -0.05) is 0 Å². The van der Waals surface area contributed by atoms with Crippen LogP contribution in [0.4, 0.5) is 4.79 Å². The third-order valence-electron chi connectivity index (χ3n) is 6.91. The molecule has 3 aliphatic rings. The van der Waals surface area contributed by atoms with Crippen LogP contribution in [0.1, 0.15) is 75.7 Å². The van der Waals surface area contributed by atoms with Crippen molar-refractivity contribution in [2.75, 3.05) is 19.7 Å². The van der Waals surface area contributed by atoms with Gasteiger partial charge in [0.1, 0.15) is 4.75 Å². The lowest BCUT2D eigenvalue weighted by Crippen LogP contribution is -2.50. The largest absolute Gasteiger partial charge is 0.598 e. The van der Waals surface area contributed by atoms with Gasteiger partial charge in [0.15, 0.2) is 6.29 Å². The van der Waals surface area contributed by atoms with Gasteiger partial charge in [-0.2, -0.15) is 0 Å². The number of pyridine rings is 1. The number of piperidine rings is 1. The molecule has 32 heavy (non-hydrogen) atoms. The third-order valence-corrected chi connectivity index (χ3v) is 8.47. The molecule has 4 rings (SSSR count). The molecule has 2 aliphatic heterocycles. The molecular formula is C23H35N3O5S. The Hall–Kier alpha value is -1.39. The lowest BCUT2D eigenvalue weighted by Gasteiger charge is -2.43. The Balaban J connectivity index is 1.53. The van der Waals surface area contributed by atoms with Gasteiger partial charge in [-0.05, 0) is 76.5 Å². The van der Waals surface area contributed by atoms with E-state index in [1.165, 1.54) is 10.5 Å². The smallest absolute Gasteiger partial charge is 0.407 e. The van der Waals surface area contributed by atoms with E-state index >= 15 is 0 Å². The van der Waals surface area contributed by atoms with Crippen LogP contribution in [0.25, 0.3) is 0 Å². The molecule has 1 amide bonds. The first-order chi connectivity index (χ1) is 15.2. The van der Waals surface area contributed by atoms with Crippen LogP contribution in [0.5, 0.6) is 0 Å². The highest BCUT2D eigenvalue weighted by Crippen LogP contribution is 2.52. The van der Waals surface area contributed by atoms with Crippen LogP contribution in [-0.2, 0) is 33.9 Å². The molecule has 1 aromatic heterocycles. The molecule has 0 bridgehead atoms.